The normalized spacial score (nSPS) is 19.3. The maximum Gasteiger partial charge on any atom is 0.240 e. The van der Waals surface area contributed by atoms with Gasteiger partial charge < -0.3 is 16.2 Å². The van der Waals surface area contributed by atoms with E-state index in [2.05, 4.69) is 5.32 Å². The van der Waals surface area contributed by atoms with Gasteiger partial charge in [0, 0.05) is 6.54 Å². The maximum absolute atomic E-state index is 12.0. The number of rotatable bonds is 4. The number of amides is 1. The molecule has 108 valence electrons. The lowest BCUT2D eigenvalue weighted by Gasteiger charge is -2.32. The van der Waals surface area contributed by atoms with Gasteiger partial charge in [0.1, 0.15) is 0 Å². The van der Waals surface area contributed by atoms with Gasteiger partial charge in [0.25, 0.3) is 0 Å². The summed E-state index contributed by atoms with van der Waals surface area (Å²) in [6.45, 7) is 0.231. The second-order valence-electron chi connectivity index (χ2n) is 5.00. The zero-order chi connectivity index (χ0) is 13.0. The summed E-state index contributed by atoms with van der Waals surface area (Å²) in [5.41, 5.74) is 6.23. The fraction of sp³-hybridized carbons (Fsp3) is 0.615. The van der Waals surface area contributed by atoms with Crippen LogP contribution in [0, 0.1) is 0 Å². The third-order valence-electron chi connectivity index (χ3n) is 3.58. The van der Waals surface area contributed by atoms with Crippen LogP contribution < -0.4 is 11.1 Å². The van der Waals surface area contributed by atoms with Crippen LogP contribution in [0.5, 0.6) is 0 Å². The van der Waals surface area contributed by atoms with E-state index in [4.69, 9.17) is 5.73 Å². The number of aliphatic hydroxyl groups excluding tert-OH is 1. The Hall–Kier alpha value is -0.620. The molecule has 0 aliphatic heterocycles. The summed E-state index contributed by atoms with van der Waals surface area (Å²) >= 11 is 1.53. The number of nitrogens with one attached hydrogen (secondary N) is 1. The number of thiophene rings is 1. The molecule has 1 unspecified atom stereocenters. The van der Waals surface area contributed by atoms with Crippen molar-refractivity contribution >= 4 is 29.7 Å². The van der Waals surface area contributed by atoms with Gasteiger partial charge in [-0.1, -0.05) is 19.3 Å². The first-order chi connectivity index (χ1) is 8.62. The molecule has 0 saturated heterocycles. The summed E-state index contributed by atoms with van der Waals surface area (Å²) in [6.07, 6.45) is 4.02. The molecule has 1 fully saturated rings. The number of nitrogens with two attached hydrogens (primary N) is 1. The van der Waals surface area contributed by atoms with Crippen molar-refractivity contribution in [3.05, 3.63) is 22.4 Å². The van der Waals surface area contributed by atoms with E-state index < -0.39 is 11.6 Å². The molecular weight excluding hydrogens is 284 g/mol. The number of carbonyl (C=O) groups excluding carboxylic acids is 1. The zero-order valence-electron chi connectivity index (χ0n) is 10.8. The Morgan fingerprint density at radius 3 is 2.74 bits per heavy atom. The first kappa shape index (κ1) is 16.4. The van der Waals surface area contributed by atoms with Crippen molar-refractivity contribution in [1.82, 2.24) is 5.32 Å². The van der Waals surface area contributed by atoms with Gasteiger partial charge in [-0.15, -0.1) is 12.4 Å². The molecule has 0 aromatic carbocycles. The second-order valence-corrected chi connectivity index (χ2v) is 5.78. The number of hydrogen-bond donors (Lipinski definition) is 3. The molecule has 2 rings (SSSR count). The molecule has 1 aromatic rings. The standard InChI is InChI=1S/C13H20N2O2S.ClH/c14-13(5-2-1-3-6-13)12(17)15-8-11(16)10-4-7-18-9-10;/h4,7,9,11,16H,1-3,5-6,8,14H2,(H,15,17);1H. The average molecular weight is 305 g/mol. The van der Waals surface area contributed by atoms with Crippen LogP contribution in [0.4, 0.5) is 0 Å². The van der Waals surface area contributed by atoms with Crippen molar-refractivity contribution in [3.63, 3.8) is 0 Å². The van der Waals surface area contributed by atoms with Crippen LogP contribution in [-0.4, -0.2) is 23.1 Å². The van der Waals surface area contributed by atoms with Crippen LogP contribution in [0.15, 0.2) is 16.8 Å². The Labute approximate surface area is 123 Å². The lowest BCUT2D eigenvalue weighted by molar-refractivity contribution is -0.128. The molecule has 4 N–H and O–H groups in total. The zero-order valence-corrected chi connectivity index (χ0v) is 12.4. The molecule has 1 saturated carbocycles. The lowest BCUT2D eigenvalue weighted by Crippen LogP contribution is -2.55. The predicted octanol–water partition coefficient (Wildman–Crippen LogP) is 1.98. The van der Waals surface area contributed by atoms with Crippen molar-refractivity contribution in [2.45, 2.75) is 43.7 Å². The molecule has 6 heteroatoms. The van der Waals surface area contributed by atoms with E-state index in [1.54, 1.807) is 0 Å². The predicted molar refractivity (Wildman–Crippen MR) is 79.5 cm³/mol. The summed E-state index contributed by atoms with van der Waals surface area (Å²) in [5.74, 6) is -0.128. The quantitative estimate of drug-likeness (QED) is 0.796. The first-order valence-electron chi connectivity index (χ1n) is 6.39. The first-order valence-corrected chi connectivity index (χ1v) is 7.33. The molecule has 1 aliphatic carbocycles. The van der Waals surface area contributed by atoms with Crippen LogP contribution in [0.2, 0.25) is 0 Å². The maximum atomic E-state index is 12.0. The summed E-state index contributed by atoms with van der Waals surface area (Å²) in [4.78, 5) is 12.0. The highest BCUT2D eigenvalue weighted by Crippen LogP contribution is 2.26. The van der Waals surface area contributed by atoms with Gasteiger partial charge in [0.05, 0.1) is 11.6 Å². The van der Waals surface area contributed by atoms with Gasteiger partial charge >= 0.3 is 0 Å². The molecular formula is C13H21ClN2O2S. The second kappa shape index (κ2) is 7.24. The Morgan fingerprint density at radius 1 is 1.47 bits per heavy atom. The molecule has 1 heterocycles. The SMILES string of the molecule is Cl.NC1(C(=O)NCC(O)c2ccsc2)CCCCC1. The highest BCUT2D eigenvalue weighted by molar-refractivity contribution is 7.07. The van der Waals surface area contributed by atoms with E-state index in [0.717, 1.165) is 37.7 Å². The van der Waals surface area contributed by atoms with Crippen molar-refractivity contribution in [1.29, 1.82) is 0 Å². The molecule has 0 spiro atoms. The summed E-state index contributed by atoms with van der Waals surface area (Å²) in [5, 5.41) is 16.5. The third-order valence-corrected chi connectivity index (χ3v) is 4.28. The van der Waals surface area contributed by atoms with Crippen molar-refractivity contribution < 1.29 is 9.90 Å². The minimum absolute atomic E-state index is 0. The van der Waals surface area contributed by atoms with Crippen LogP contribution in [0.1, 0.15) is 43.8 Å². The van der Waals surface area contributed by atoms with Gasteiger partial charge in [-0.2, -0.15) is 11.3 Å². The van der Waals surface area contributed by atoms with Crippen LogP contribution in [0.25, 0.3) is 0 Å². The lowest BCUT2D eigenvalue weighted by atomic mass is 9.82. The summed E-state index contributed by atoms with van der Waals surface area (Å²) in [6, 6.07) is 1.86. The van der Waals surface area contributed by atoms with Crippen molar-refractivity contribution in [3.8, 4) is 0 Å². The Morgan fingerprint density at radius 2 is 2.16 bits per heavy atom. The van der Waals surface area contributed by atoms with Gasteiger partial charge in [-0.25, -0.2) is 0 Å². The largest absolute Gasteiger partial charge is 0.387 e. The number of carbonyl (C=O) groups is 1. The Kier molecular flexibility index (Phi) is 6.26. The van der Waals surface area contributed by atoms with E-state index in [-0.39, 0.29) is 24.9 Å². The number of halogens is 1. The third kappa shape index (κ3) is 4.18. The van der Waals surface area contributed by atoms with E-state index in [1.165, 1.54) is 11.3 Å². The minimum Gasteiger partial charge on any atom is -0.387 e. The fourth-order valence-corrected chi connectivity index (χ4v) is 3.06. The highest BCUT2D eigenvalue weighted by Gasteiger charge is 2.35. The van der Waals surface area contributed by atoms with Crippen molar-refractivity contribution in [2.75, 3.05) is 6.54 Å². The van der Waals surface area contributed by atoms with Gasteiger partial charge in [0.15, 0.2) is 0 Å². The highest BCUT2D eigenvalue weighted by atomic mass is 35.5. The number of hydrogen-bond acceptors (Lipinski definition) is 4. The van der Waals surface area contributed by atoms with Crippen LogP contribution in [-0.2, 0) is 4.79 Å². The Balaban J connectivity index is 0.00000180. The molecule has 4 nitrogen and oxygen atoms in total. The van der Waals surface area contributed by atoms with E-state index >= 15 is 0 Å². The molecule has 0 radical (unpaired) electrons. The van der Waals surface area contributed by atoms with E-state index in [1.807, 2.05) is 16.8 Å². The van der Waals surface area contributed by atoms with E-state index in [9.17, 15) is 9.90 Å². The van der Waals surface area contributed by atoms with Gasteiger partial charge in [-0.05, 0) is 35.2 Å². The van der Waals surface area contributed by atoms with Crippen LogP contribution >= 0.6 is 23.7 Å². The van der Waals surface area contributed by atoms with Crippen LogP contribution in [0.3, 0.4) is 0 Å². The smallest absolute Gasteiger partial charge is 0.240 e. The molecule has 1 amide bonds. The van der Waals surface area contributed by atoms with Crippen molar-refractivity contribution in [2.24, 2.45) is 5.73 Å². The summed E-state index contributed by atoms with van der Waals surface area (Å²) in [7, 11) is 0. The summed E-state index contributed by atoms with van der Waals surface area (Å²) < 4.78 is 0. The molecule has 19 heavy (non-hydrogen) atoms. The molecule has 0 bridgehead atoms. The fourth-order valence-electron chi connectivity index (χ4n) is 2.36. The Bertz CT molecular complexity index is 391. The topological polar surface area (TPSA) is 75.4 Å². The minimum atomic E-state index is -0.730. The van der Waals surface area contributed by atoms with E-state index in [0.29, 0.717) is 0 Å². The average Bonchev–Trinajstić information content (AvgIpc) is 2.90. The number of aliphatic hydroxyl groups is 1. The van der Waals surface area contributed by atoms with Gasteiger partial charge in [-0.3, -0.25) is 4.79 Å². The monoisotopic (exact) mass is 304 g/mol. The molecule has 1 aromatic heterocycles. The molecule has 1 aliphatic rings. The molecule has 1 atom stereocenters. The van der Waals surface area contributed by atoms with Gasteiger partial charge in [0.2, 0.25) is 5.91 Å².